The summed E-state index contributed by atoms with van der Waals surface area (Å²) in [6, 6.07) is 5.29. The van der Waals surface area contributed by atoms with E-state index in [4.69, 9.17) is 10.5 Å². The molecule has 1 saturated carbocycles. The van der Waals surface area contributed by atoms with E-state index in [2.05, 4.69) is 11.8 Å². The second-order valence-corrected chi connectivity index (χ2v) is 5.73. The first-order chi connectivity index (χ1) is 9.56. The third-order valence-corrected chi connectivity index (χ3v) is 4.13. The zero-order valence-electron chi connectivity index (χ0n) is 12.6. The largest absolute Gasteiger partial charge is 0.383 e. The highest BCUT2D eigenvalue weighted by Crippen LogP contribution is 2.38. The molecular weight excluding hydrogens is 255 g/mol. The van der Waals surface area contributed by atoms with Gasteiger partial charge in [-0.15, -0.1) is 0 Å². The Labute approximate surface area is 120 Å². The van der Waals surface area contributed by atoms with Gasteiger partial charge in [0.1, 0.15) is 5.82 Å². The van der Waals surface area contributed by atoms with Gasteiger partial charge in [0.15, 0.2) is 0 Å². The molecule has 0 heterocycles. The van der Waals surface area contributed by atoms with Crippen LogP contribution in [-0.2, 0) is 4.74 Å². The molecule has 20 heavy (non-hydrogen) atoms. The van der Waals surface area contributed by atoms with Crippen molar-refractivity contribution in [3.05, 3.63) is 29.6 Å². The number of ether oxygens (including phenoxy) is 1. The topological polar surface area (TPSA) is 38.5 Å². The highest BCUT2D eigenvalue weighted by atomic mass is 19.1. The van der Waals surface area contributed by atoms with Gasteiger partial charge in [0.25, 0.3) is 0 Å². The van der Waals surface area contributed by atoms with Crippen LogP contribution >= 0.6 is 0 Å². The molecule has 4 heteroatoms. The number of benzene rings is 1. The zero-order chi connectivity index (χ0) is 14.7. The van der Waals surface area contributed by atoms with Crippen LogP contribution in [0.15, 0.2) is 18.2 Å². The zero-order valence-corrected chi connectivity index (χ0v) is 12.6. The van der Waals surface area contributed by atoms with Crippen molar-refractivity contribution in [2.75, 3.05) is 25.2 Å². The number of rotatable bonds is 7. The Morgan fingerprint density at radius 3 is 2.65 bits per heavy atom. The average molecular weight is 280 g/mol. The lowest BCUT2D eigenvalue weighted by atomic mass is 10.0. The van der Waals surface area contributed by atoms with Gasteiger partial charge in [-0.2, -0.15) is 0 Å². The summed E-state index contributed by atoms with van der Waals surface area (Å²) in [5, 5.41) is 0. The van der Waals surface area contributed by atoms with Gasteiger partial charge in [-0.1, -0.05) is 6.07 Å². The SMILES string of the molecule is COCCN(c1cccc(F)c1[C@@H](C)N)C(C)C1CC1. The second kappa shape index (κ2) is 6.55. The molecular formula is C16H25FN2O. The summed E-state index contributed by atoms with van der Waals surface area (Å²) in [5.41, 5.74) is 7.50. The highest BCUT2D eigenvalue weighted by molar-refractivity contribution is 5.56. The van der Waals surface area contributed by atoms with E-state index in [-0.39, 0.29) is 11.9 Å². The van der Waals surface area contributed by atoms with Crippen molar-refractivity contribution in [1.29, 1.82) is 0 Å². The van der Waals surface area contributed by atoms with Crippen LogP contribution < -0.4 is 10.6 Å². The van der Waals surface area contributed by atoms with Gasteiger partial charge < -0.3 is 15.4 Å². The fraction of sp³-hybridized carbons (Fsp3) is 0.625. The molecule has 0 bridgehead atoms. The summed E-state index contributed by atoms with van der Waals surface area (Å²) in [6.07, 6.45) is 2.51. The average Bonchev–Trinajstić information content (AvgIpc) is 3.22. The van der Waals surface area contributed by atoms with Crippen molar-refractivity contribution < 1.29 is 9.13 Å². The number of anilines is 1. The molecule has 0 aliphatic heterocycles. The maximum atomic E-state index is 14.1. The second-order valence-electron chi connectivity index (χ2n) is 5.73. The number of nitrogens with zero attached hydrogens (tertiary/aromatic N) is 1. The van der Waals surface area contributed by atoms with Crippen molar-refractivity contribution in [2.24, 2.45) is 11.7 Å². The molecule has 0 radical (unpaired) electrons. The van der Waals surface area contributed by atoms with Crippen molar-refractivity contribution in [1.82, 2.24) is 0 Å². The Hall–Kier alpha value is -1.13. The predicted molar refractivity (Wildman–Crippen MR) is 80.4 cm³/mol. The fourth-order valence-corrected chi connectivity index (χ4v) is 2.79. The molecule has 1 fully saturated rings. The standard InChI is InChI=1S/C16H25FN2O/c1-11(18)16-14(17)5-4-6-15(16)19(9-10-20-3)12(2)13-7-8-13/h4-6,11-13H,7-10,18H2,1-3H3/t11-,12?/m1/s1. The quantitative estimate of drug-likeness (QED) is 0.834. The molecule has 2 atom stereocenters. The van der Waals surface area contributed by atoms with Gasteiger partial charge in [-0.25, -0.2) is 4.39 Å². The minimum atomic E-state index is -0.317. The van der Waals surface area contributed by atoms with Gasteiger partial charge >= 0.3 is 0 Å². The van der Waals surface area contributed by atoms with Gasteiger partial charge in [-0.3, -0.25) is 0 Å². The lowest BCUT2D eigenvalue weighted by molar-refractivity contribution is 0.202. The third-order valence-electron chi connectivity index (χ3n) is 4.13. The summed E-state index contributed by atoms with van der Waals surface area (Å²) in [6.45, 7) is 5.44. The van der Waals surface area contributed by atoms with E-state index in [1.54, 1.807) is 13.2 Å². The normalized spacial score (nSPS) is 17.9. The van der Waals surface area contributed by atoms with Crippen LogP contribution in [0.4, 0.5) is 10.1 Å². The first-order valence-corrected chi connectivity index (χ1v) is 7.35. The maximum Gasteiger partial charge on any atom is 0.130 e. The number of hydrogen-bond donors (Lipinski definition) is 1. The molecule has 2 N–H and O–H groups in total. The molecule has 1 aromatic carbocycles. The summed E-state index contributed by atoms with van der Waals surface area (Å²) in [5.74, 6) is 0.485. The minimum absolute atomic E-state index is 0.220. The van der Waals surface area contributed by atoms with Gasteiger partial charge in [0.2, 0.25) is 0 Å². The summed E-state index contributed by atoms with van der Waals surface area (Å²) in [7, 11) is 1.69. The number of halogens is 1. The van der Waals surface area contributed by atoms with E-state index in [1.807, 2.05) is 13.0 Å². The molecule has 1 aliphatic carbocycles. The Balaban J connectivity index is 2.34. The molecule has 0 spiro atoms. The Morgan fingerprint density at radius 1 is 1.40 bits per heavy atom. The molecule has 1 aromatic rings. The molecule has 3 nitrogen and oxygen atoms in total. The molecule has 1 aliphatic rings. The molecule has 0 amide bonds. The Bertz CT molecular complexity index is 446. The number of hydrogen-bond acceptors (Lipinski definition) is 3. The first-order valence-electron chi connectivity index (χ1n) is 7.35. The van der Waals surface area contributed by atoms with Gasteiger partial charge in [0.05, 0.1) is 6.61 Å². The highest BCUT2D eigenvalue weighted by Gasteiger charge is 2.33. The minimum Gasteiger partial charge on any atom is -0.383 e. The molecule has 2 rings (SSSR count). The number of nitrogens with two attached hydrogens (primary N) is 1. The lowest BCUT2D eigenvalue weighted by Crippen LogP contribution is -2.38. The Morgan fingerprint density at radius 2 is 2.10 bits per heavy atom. The van der Waals surface area contributed by atoms with E-state index < -0.39 is 0 Å². The molecule has 0 saturated heterocycles. The van der Waals surface area contributed by atoms with Crippen molar-refractivity contribution in [3.63, 3.8) is 0 Å². The summed E-state index contributed by atoms with van der Waals surface area (Å²) < 4.78 is 19.3. The first kappa shape index (κ1) is 15.3. The van der Waals surface area contributed by atoms with E-state index in [0.717, 1.165) is 12.2 Å². The van der Waals surface area contributed by atoms with Gasteiger partial charge in [0, 0.05) is 37.0 Å². The van der Waals surface area contributed by atoms with Crippen LogP contribution in [0.5, 0.6) is 0 Å². The van der Waals surface area contributed by atoms with Crippen LogP contribution in [0.2, 0.25) is 0 Å². The molecule has 0 aromatic heterocycles. The molecule has 1 unspecified atom stereocenters. The van der Waals surface area contributed by atoms with Crippen LogP contribution in [-0.4, -0.2) is 26.3 Å². The van der Waals surface area contributed by atoms with Crippen LogP contribution in [0.1, 0.15) is 38.3 Å². The maximum absolute atomic E-state index is 14.1. The van der Waals surface area contributed by atoms with E-state index in [0.29, 0.717) is 24.1 Å². The van der Waals surface area contributed by atoms with E-state index >= 15 is 0 Å². The monoisotopic (exact) mass is 280 g/mol. The van der Waals surface area contributed by atoms with E-state index in [9.17, 15) is 4.39 Å². The number of methoxy groups -OCH3 is 1. The van der Waals surface area contributed by atoms with Gasteiger partial charge in [-0.05, 0) is 44.7 Å². The fourth-order valence-electron chi connectivity index (χ4n) is 2.79. The van der Waals surface area contributed by atoms with Crippen LogP contribution in [0.25, 0.3) is 0 Å². The predicted octanol–water partition coefficient (Wildman–Crippen LogP) is 3.10. The van der Waals surface area contributed by atoms with Crippen LogP contribution in [0, 0.1) is 11.7 Å². The smallest absolute Gasteiger partial charge is 0.130 e. The van der Waals surface area contributed by atoms with Crippen molar-refractivity contribution in [2.45, 2.75) is 38.8 Å². The summed E-state index contributed by atoms with van der Waals surface area (Å²) >= 11 is 0. The summed E-state index contributed by atoms with van der Waals surface area (Å²) in [4.78, 5) is 2.25. The lowest BCUT2D eigenvalue weighted by Gasteiger charge is -2.34. The van der Waals surface area contributed by atoms with E-state index in [1.165, 1.54) is 18.9 Å². The third kappa shape index (κ3) is 3.30. The van der Waals surface area contributed by atoms with Crippen LogP contribution in [0.3, 0.4) is 0 Å². The van der Waals surface area contributed by atoms with Crippen molar-refractivity contribution >= 4 is 5.69 Å². The van der Waals surface area contributed by atoms with Crippen molar-refractivity contribution in [3.8, 4) is 0 Å². The molecule has 112 valence electrons. The Kier molecular flexibility index (Phi) is 5.00.